The van der Waals surface area contributed by atoms with Crippen molar-refractivity contribution in [2.75, 3.05) is 11.9 Å². The predicted molar refractivity (Wildman–Crippen MR) is 68.5 cm³/mol. The number of rotatable bonds is 6. The predicted octanol–water partition coefficient (Wildman–Crippen LogP) is 1.57. The van der Waals surface area contributed by atoms with Gasteiger partial charge in [0.25, 0.3) is 0 Å². The van der Waals surface area contributed by atoms with Gasteiger partial charge in [0.1, 0.15) is 12.1 Å². The van der Waals surface area contributed by atoms with Crippen LogP contribution >= 0.6 is 0 Å². The van der Waals surface area contributed by atoms with E-state index < -0.39 is 0 Å². The summed E-state index contributed by atoms with van der Waals surface area (Å²) in [4.78, 5) is 8.18. The Bertz CT molecular complexity index is 471. The number of ether oxygens (including phenoxy) is 1. The summed E-state index contributed by atoms with van der Waals surface area (Å²) < 4.78 is 7.20. The molecule has 2 rings (SSSR count). The lowest BCUT2D eigenvalue weighted by Gasteiger charge is -2.14. The molecule has 0 amide bonds. The molecule has 1 unspecified atom stereocenters. The second-order valence-electron chi connectivity index (χ2n) is 3.95. The van der Waals surface area contributed by atoms with Crippen molar-refractivity contribution < 1.29 is 4.74 Å². The normalized spacial score (nSPS) is 12.1. The Hall–Kier alpha value is -2.11. The van der Waals surface area contributed by atoms with Crippen molar-refractivity contribution >= 4 is 5.82 Å². The number of hydrogen-bond acceptors (Lipinski definition) is 5. The highest BCUT2D eigenvalue weighted by Gasteiger charge is 2.05. The summed E-state index contributed by atoms with van der Waals surface area (Å²) in [5.74, 6) is 1.34. The zero-order valence-corrected chi connectivity index (χ0v) is 10.6. The molecule has 6 heteroatoms. The van der Waals surface area contributed by atoms with E-state index in [0.29, 0.717) is 12.5 Å². The van der Waals surface area contributed by atoms with Gasteiger partial charge in [0, 0.05) is 24.5 Å². The van der Waals surface area contributed by atoms with Gasteiger partial charge >= 0.3 is 0 Å². The number of hydrogen-bond donors (Lipinski definition) is 1. The van der Waals surface area contributed by atoms with E-state index in [4.69, 9.17) is 4.74 Å². The largest absolute Gasteiger partial charge is 0.478 e. The van der Waals surface area contributed by atoms with Crippen molar-refractivity contribution in [2.24, 2.45) is 0 Å². The van der Waals surface area contributed by atoms with Crippen LogP contribution in [0.1, 0.15) is 13.8 Å². The Labute approximate surface area is 106 Å². The van der Waals surface area contributed by atoms with Gasteiger partial charge < -0.3 is 10.1 Å². The van der Waals surface area contributed by atoms with Crippen LogP contribution in [-0.2, 0) is 6.54 Å². The third-order valence-electron chi connectivity index (χ3n) is 2.35. The topological polar surface area (TPSA) is 64.9 Å². The number of anilines is 1. The lowest BCUT2D eigenvalue weighted by molar-refractivity contribution is 0.326. The van der Waals surface area contributed by atoms with Crippen LogP contribution < -0.4 is 10.1 Å². The first kappa shape index (κ1) is 12.3. The van der Waals surface area contributed by atoms with E-state index in [-0.39, 0.29) is 6.04 Å². The summed E-state index contributed by atoms with van der Waals surface area (Å²) in [6.45, 7) is 5.37. The van der Waals surface area contributed by atoms with Crippen LogP contribution in [0, 0.1) is 0 Å². The lowest BCUT2D eigenvalue weighted by Crippen LogP contribution is -2.22. The van der Waals surface area contributed by atoms with Gasteiger partial charge in [0.15, 0.2) is 0 Å². The summed E-state index contributed by atoms with van der Waals surface area (Å²) in [5, 5.41) is 7.45. The molecule has 0 aliphatic carbocycles. The molecular formula is C12H17N5O. The van der Waals surface area contributed by atoms with Gasteiger partial charge in [-0.3, -0.25) is 4.68 Å². The Balaban J connectivity index is 1.93. The minimum Gasteiger partial charge on any atom is -0.478 e. The SMILES string of the molecule is CCOc1cc(NC(C)Cn2cccn2)ncn1. The molecule has 0 radical (unpaired) electrons. The first-order valence-corrected chi connectivity index (χ1v) is 5.96. The van der Waals surface area contributed by atoms with Crippen molar-refractivity contribution in [3.8, 4) is 5.88 Å². The third kappa shape index (κ3) is 3.44. The van der Waals surface area contributed by atoms with Crippen LogP contribution in [0.4, 0.5) is 5.82 Å². The molecule has 2 heterocycles. The molecule has 18 heavy (non-hydrogen) atoms. The molecule has 0 bridgehead atoms. The van der Waals surface area contributed by atoms with Crippen molar-refractivity contribution in [1.82, 2.24) is 19.7 Å². The van der Waals surface area contributed by atoms with Gasteiger partial charge in [-0.1, -0.05) is 0 Å². The van der Waals surface area contributed by atoms with E-state index in [1.165, 1.54) is 6.33 Å². The monoisotopic (exact) mass is 247 g/mol. The number of nitrogens with zero attached hydrogens (tertiary/aromatic N) is 4. The summed E-state index contributed by atoms with van der Waals surface area (Å²) in [6, 6.07) is 3.92. The second-order valence-corrected chi connectivity index (χ2v) is 3.95. The minimum atomic E-state index is 0.217. The Morgan fingerprint density at radius 2 is 2.33 bits per heavy atom. The minimum absolute atomic E-state index is 0.217. The van der Waals surface area contributed by atoms with E-state index in [1.807, 2.05) is 23.9 Å². The van der Waals surface area contributed by atoms with Crippen LogP contribution in [0.3, 0.4) is 0 Å². The fourth-order valence-electron chi connectivity index (χ4n) is 1.63. The van der Waals surface area contributed by atoms with Crippen LogP contribution in [-0.4, -0.2) is 32.4 Å². The molecular weight excluding hydrogens is 230 g/mol. The first-order chi connectivity index (χ1) is 8.78. The van der Waals surface area contributed by atoms with Gasteiger partial charge in [0.2, 0.25) is 5.88 Å². The average molecular weight is 247 g/mol. The summed E-state index contributed by atoms with van der Waals surface area (Å²) in [6.07, 6.45) is 5.20. The Morgan fingerprint density at radius 1 is 1.44 bits per heavy atom. The second kappa shape index (κ2) is 6.00. The van der Waals surface area contributed by atoms with E-state index in [2.05, 4.69) is 27.3 Å². The molecule has 0 fully saturated rings. The maximum atomic E-state index is 5.33. The zero-order chi connectivity index (χ0) is 12.8. The van der Waals surface area contributed by atoms with Crippen molar-refractivity contribution in [1.29, 1.82) is 0 Å². The first-order valence-electron chi connectivity index (χ1n) is 5.96. The molecule has 0 aromatic carbocycles. The third-order valence-corrected chi connectivity index (χ3v) is 2.35. The molecule has 2 aromatic heterocycles. The summed E-state index contributed by atoms with van der Waals surface area (Å²) in [7, 11) is 0. The van der Waals surface area contributed by atoms with E-state index in [9.17, 15) is 0 Å². The highest BCUT2D eigenvalue weighted by atomic mass is 16.5. The van der Waals surface area contributed by atoms with Gasteiger partial charge in [-0.15, -0.1) is 0 Å². The summed E-state index contributed by atoms with van der Waals surface area (Å²) >= 11 is 0. The molecule has 0 aliphatic rings. The summed E-state index contributed by atoms with van der Waals surface area (Å²) in [5.41, 5.74) is 0. The molecule has 96 valence electrons. The van der Waals surface area contributed by atoms with Crippen molar-refractivity contribution in [2.45, 2.75) is 26.4 Å². The van der Waals surface area contributed by atoms with Gasteiger partial charge in [0.05, 0.1) is 13.2 Å². The average Bonchev–Trinajstić information content (AvgIpc) is 2.82. The molecule has 1 atom stereocenters. The quantitative estimate of drug-likeness (QED) is 0.839. The molecule has 0 spiro atoms. The van der Waals surface area contributed by atoms with Gasteiger partial charge in [-0.25, -0.2) is 9.97 Å². The van der Waals surface area contributed by atoms with Crippen molar-refractivity contribution in [3.63, 3.8) is 0 Å². The number of aromatic nitrogens is 4. The lowest BCUT2D eigenvalue weighted by atomic mass is 10.3. The fourth-order valence-corrected chi connectivity index (χ4v) is 1.63. The van der Waals surface area contributed by atoms with Crippen molar-refractivity contribution in [3.05, 3.63) is 30.9 Å². The molecule has 1 N–H and O–H groups in total. The molecule has 6 nitrogen and oxygen atoms in total. The van der Waals surface area contributed by atoms with Crippen LogP contribution in [0.5, 0.6) is 5.88 Å². The number of nitrogens with one attached hydrogen (secondary N) is 1. The maximum absolute atomic E-state index is 5.33. The van der Waals surface area contributed by atoms with Crippen LogP contribution in [0.15, 0.2) is 30.9 Å². The van der Waals surface area contributed by atoms with Crippen LogP contribution in [0.2, 0.25) is 0 Å². The maximum Gasteiger partial charge on any atom is 0.218 e. The Kier molecular flexibility index (Phi) is 4.11. The molecule has 2 aromatic rings. The fraction of sp³-hybridized carbons (Fsp3) is 0.417. The van der Waals surface area contributed by atoms with Gasteiger partial charge in [-0.05, 0) is 19.9 Å². The van der Waals surface area contributed by atoms with Gasteiger partial charge in [-0.2, -0.15) is 5.10 Å². The molecule has 0 aliphatic heterocycles. The Morgan fingerprint density at radius 3 is 3.06 bits per heavy atom. The van der Waals surface area contributed by atoms with Crippen LogP contribution in [0.25, 0.3) is 0 Å². The zero-order valence-electron chi connectivity index (χ0n) is 10.6. The molecule has 0 saturated heterocycles. The van der Waals surface area contributed by atoms with E-state index >= 15 is 0 Å². The highest BCUT2D eigenvalue weighted by molar-refractivity contribution is 5.37. The smallest absolute Gasteiger partial charge is 0.218 e. The van der Waals surface area contributed by atoms with E-state index in [0.717, 1.165) is 12.4 Å². The molecule has 0 saturated carbocycles. The van der Waals surface area contributed by atoms with E-state index in [1.54, 1.807) is 12.3 Å². The standard InChI is InChI=1S/C12H17N5O/c1-3-18-12-7-11(13-9-14-12)16-10(2)8-17-6-4-5-15-17/h4-7,9-10H,3,8H2,1-2H3,(H,13,14,16). The highest BCUT2D eigenvalue weighted by Crippen LogP contribution is 2.12.